The van der Waals surface area contributed by atoms with Crippen LogP contribution in [-0.4, -0.2) is 34.3 Å². The highest BCUT2D eigenvalue weighted by atomic mass is 16.5. The zero-order valence-corrected chi connectivity index (χ0v) is 16.5. The molecule has 0 saturated heterocycles. The van der Waals surface area contributed by atoms with E-state index in [1.807, 2.05) is 30.3 Å². The molecule has 0 saturated carbocycles. The van der Waals surface area contributed by atoms with Gasteiger partial charge in [0, 0.05) is 30.2 Å². The maximum absolute atomic E-state index is 11.9. The molecule has 1 atom stereocenters. The van der Waals surface area contributed by atoms with Gasteiger partial charge < -0.3 is 20.9 Å². The number of aliphatic hydroxyl groups excluding tert-OH is 1. The first-order valence-electron chi connectivity index (χ1n) is 9.63. The minimum atomic E-state index is -0.637. The Morgan fingerprint density at radius 2 is 1.93 bits per heavy atom. The summed E-state index contributed by atoms with van der Waals surface area (Å²) in [5, 5.41) is 16.1. The van der Waals surface area contributed by atoms with Crippen molar-refractivity contribution < 1.29 is 14.6 Å². The van der Waals surface area contributed by atoms with E-state index in [0.29, 0.717) is 30.3 Å². The number of nitrogens with one attached hydrogen (secondary N) is 2. The van der Waals surface area contributed by atoms with Gasteiger partial charge in [-0.15, -0.1) is 0 Å². The van der Waals surface area contributed by atoms with Crippen molar-refractivity contribution in [3.8, 4) is 0 Å². The van der Waals surface area contributed by atoms with Gasteiger partial charge in [-0.3, -0.25) is 10.3 Å². The molecule has 1 amide bonds. The number of rotatable bonds is 9. The lowest BCUT2D eigenvalue weighted by Crippen LogP contribution is -2.23. The van der Waals surface area contributed by atoms with Crippen LogP contribution in [0.15, 0.2) is 67.0 Å². The van der Waals surface area contributed by atoms with Gasteiger partial charge in [-0.25, -0.2) is 9.78 Å². The van der Waals surface area contributed by atoms with Crippen LogP contribution in [0.3, 0.4) is 0 Å². The van der Waals surface area contributed by atoms with Crippen molar-refractivity contribution in [2.45, 2.75) is 19.1 Å². The van der Waals surface area contributed by atoms with Crippen LogP contribution >= 0.6 is 0 Å². The number of aromatic nitrogens is 2. The molecule has 0 aliphatic carbocycles. The van der Waals surface area contributed by atoms with E-state index in [9.17, 15) is 9.90 Å². The largest absolute Gasteiger partial charge is 0.443 e. The number of anilines is 2. The highest BCUT2D eigenvalue weighted by Gasteiger charge is 2.07. The number of amides is 1. The highest BCUT2D eigenvalue weighted by molar-refractivity contribution is 5.84. The second kappa shape index (κ2) is 10.9. The Bertz CT molecular complexity index is 918. The first-order chi connectivity index (χ1) is 14.6. The molecule has 30 heavy (non-hydrogen) atoms. The number of carbonyl (C=O) groups is 1. The van der Waals surface area contributed by atoms with Crippen LogP contribution < -0.4 is 16.4 Å². The van der Waals surface area contributed by atoms with Gasteiger partial charge in [0.1, 0.15) is 12.4 Å². The first kappa shape index (κ1) is 21.2. The summed E-state index contributed by atoms with van der Waals surface area (Å²) in [5.74, 6) is 0.429. The number of nitrogens with zero attached hydrogens (tertiary/aromatic N) is 2. The lowest BCUT2D eigenvalue weighted by atomic mass is 10.1. The van der Waals surface area contributed by atoms with Gasteiger partial charge in [-0.1, -0.05) is 24.3 Å². The zero-order valence-electron chi connectivity index (χ0n) is 16.5. The molecular weight excluding hydrogens is 382 g/mol. The van der Waals surface area contributed by atoms with Gasteiger partial charge in [0.25, 0.3) is 0 Å². The normalized spacial score (nSPS) is 11.6. The third-order valence-corrected chi connectivity index (χ3v) is 4.40. The van der Waals surface area contributed by atoms with E-state index in [1.165, 1.54) is 0 Å². The van der Waals surface area contributed by atoms with Gasteiger partial charge in [0.05, 0.1) is 11.8 Å². The Balaban J connectivity index is 1.35. The van der Waals surface area contributed by atoms with E-state index in [-0.39, 0.29) is 6.61 Å². The number of ether oxygens (including phenoxy) is 1. The summed E-state index contributed by atoms with van der Waals surface area (Å²) in [6.45, 7) is 1.25. The Hall–Kier alpha value is -3.49. The lowest BCUT2D eigenvalue weighted by molar-refractivity contribution is 0.153. The molecule has 8 nitrogen and oxygen atoms in total. The van der Waals surface area contributed by atoms with E-state index >= 15 is 0 Å². The van der Waals surface area contributed by atoms with Crippen LogP contribution in [0, 0.1) is 0 Å². The fourth-order valence-corrected chi connectivity index (χ4v) is 2.73. The molecule has 0 unspecified atom stereocenters. The highest BCUT2D eigenvalue weighted by Crippen LogP contribution is 2.13. The van der Waals surface area contributed by atoms with Crippen LogP contribution in [0.25, 0.3) is 0 Å². The maximum Gasteiger partial charge on any atom is 0.412 e. The molecule has 0 fully saturated rings. The second-order valence-corrected chi connectivity index (χ2v) is 6.71. The fraction of sp³-hybridized carbons (Fsp3) is 0.227. The van der Waals surface area contributed by atoms with E-state index in [2.05, 4.69) is 20.6 Å². The van der Waals surface area contributed by atoms with Gasteiger partial charge >= 0.3 is 6.09 Å². The minimum absolute atomic E-state index is 0.120. The zero-order chi connectivity index (χ0) is 21.2. The molecule has 5 N–H and O–H groups in total. The quantitative estimate of drug-likeness (QED) is 0.402. The molecule has 0 aliphatic heterocycles. The predicted molar refractivity (Wildman–Crippen MR) is 115 cm³/mol. The fourth-order valence-electron chi connectivity index (χ4n) is 2.73. The molecule has 0 aliphatic rings. The number of benzene rings is 1. The number of hydrogen-bond donors (Lipinski definition) is 4. The number of pyridine rings is 2. The van der Waals surface area contributed by atoms with Gasteiger partial charge in [0.2, 0.25) is 0 Å². The number of aliphatic hydroxyl groups is 1. The lowest BCUT2D eigenvalue weighted by Gasteiger charge is -2.12. The first-order valence-corrected chi connectivity index (χ1v) is 9.63. The van der Waals surface area contributed by atoms with Crippen LogP contribution in [0.2, 0.25) is 0 Å². The SMILES string of the molecule is Nc1ccc([C@@H](O)CNCCc2ccc(NC(=O)OCc3ccccn3)cc2)cn1. The predicted octanol–water partition coefficient (Wildman–Crippen LogP) is 2.67. The molecule has 156 valence electrons. The average molecular weight is 407 g/mol. The molecule has 2 aromatic heterocycles. The second-order valence-electron chi connectivity index (χ2n) is 6.71. The Labute approximate surface area is 175 Å². The number of nitrogen functional groups attached to an aromatic ring is 1. The summed E-state index contributed by atoms with van der Waals surface area (Å²) < 4.78 is 5.15. The standard InChI is InChI=1S/C22H25N5O3/c23-21-9-6-17(13-26-21)20(28)14-24-12-10-16-4-7-18(8-5-16)27-22(29)30-15-19-3-1-2-11-25-19/h1-9,11,13,20,24,28H,10,12,14-15H2,(H2,23,26)(H,27,29)/t20-/m0/s1. The van der Waals surface area contributed by atoms with E-state index in [4.69, 9.17) is 10.5 Å². The van der Waals surface area contributed by atoms with Gasteiger partial charge in [-0.2, -0.15) is 0 Å². The number of carbonyl (C=O) groups excluding carboxylic acids is 1. The van der Waals surface area contributed by atoms with Gasteiger partial charge in [-0.05, 0) is 48.9 Å². The average Bonchev–Trinajstić information content (AvgIpc) is 2.77. The smallest absolute Gasteiger partial charge is 0.412 e. The topological polar surface area (TPSA) is 122 Å². The van der Waals surface area contributed by atoms with Crippen molar-refractivity contribution in [3.05, 3.63) is 83.8 Å². The van der Waals surface area contributed by atoms with Crippen LogP contribution in [0.4, 0.5) is 16.3 Å². The molecule has 3 rings (SSSR count). The van der Waals surface area contributed by atoms with Crippen LogP contribution in [-0.2, 0) is 17.8 Å². The summed E-state index contributed by atoms with van der Waals surface area (Å²) in [7, 11) is 0. The van der Waals surface area contributed by atoms with Crippen LogP contribution in [0.1, 0.15) is 22.9 Å². The monoisotopic (exact) mass is 407 g/mol. The van der Waals surface area contributed by atoms with E-state index in [1.54, 1.807) is 36.7 Å². The summed E-state index contributed by atoms with van der Waals surface area (Å²) >= 11 is 0. The molecule has 0 spiro atoms. The molecular formula is C22H25N5O3. The van der Waals surface area contributed by atoms with Crippen LogP contribution in [0.5, 0.6) is 0 Å². The van der Waals surface area contributed by atoms with Crippen molar-refractivity contribution in [2.75, 3.05) is 24.1 Å². The molecule has 1 aromatic carbocycles. The molecule has 3 aromatic rings. The number of nitrogens with two attached hydrogens (primary N) is 1. The van der Waals surface area contributed by atoms with Crippen molar-refractivity contribution in [1.29, 1.82) is 0 Å². The molecule has 0 radical (unpaired) electrons. The minimum Gasteiger partial charge on any atom is -0.443 e. The molecule has 2 heterocycles. The Morgan fingerprint density at radius 3 is 2.63 bits per heavy atom. The van der Waals surface area contributed by atoms with E-state index in [0.717, 1.165) is 17.5 Å². The summed E-state index contributed by atoms with van der Waals surface area (Å²) in [5.41, 5.74) is 8.73. The van der Waals surface area contributed by atoms with Crippen molar-refractivity contribution in [2.24, 2.45) is 0 Å². The van der Waals surface area contributed by atoms with Crippen molar-refractivity contribution >= 4 is 17.6 Å². The summed E-state index contributed by atoms with van der Waals surface area (Å²) in [6, 6.07) is 16.4. The Morgan fingerprint density at radius 1 is 1.10 bits per heavy atom. The Kier molecular flexibility index (Phi) is 7.71. The maximum atomic E-state index is 11.9. The third kappa shape index (κ3) is 6.84. The number of hydrogen-bond acceptors (Lipinski definition) is 7. The van der Waals surface area contributed by atoms with Gasteiger partial charge in [0.15, 0.2) is 0 Å². The van der Waals surface area contributed by atoms with Crippen molar-refractivity contribution in [1.82, 2.24) is 15.3 Å². The molecule has 0 bridgehead atoms. The summed E-state index contributed by atoms with van der Waals surface area (Å²) in [4.78, 5) is 20.0. The summed E-state index contributed by atoms with van der Waals surface area (Å²) in [6.07, 6.45) is 2.86. The van der Waals surface area contributed by atoms with Crippen molar-refractivity contribution in [3.63, 3.8) is 0 Å². The van der Waals surface area contributed by atoms with E-state index < -0.39 is 12.2 Å². The third-order valence-electron chi connectivity index (χ3n) is 4.40. The molecule has 8 heteroatoms.